The smallest absolute Gasteiger partial charge is 0.231 e. The molecule has 5 heteroatoms. The predicted molar refractivity (Wildman–Crippen MR) is 68.3 cm³/mol. The molecule has 2 rings (SSSR count). The Hall–Kier alpha value is -0.940. The van der Waals surface area contributed by atoms with Crippen molar-refractivity contribution in [2.45, 2.75) is 13.3 Å². The van der Waals surface area contributed by atoms with Crippen LogP contribution in [0.1, 0.15) is 13.3 Å². The number of nitrogens with one attached hydrogen (secondary N) is 2. The molecule has 0 aliphatic carbocycles. The summed E-state index contributed by atoms with van der Waals surface area (Å²) >= 11 is 3.23. The van der Waals surface area contributed by atoms with Crippen molar-refractivity contribution in [3.05, 3.63) is 28.5 Å². The summed E-state index contributed by atoms with van der Waals surface area (Å²) in [4.78, 5) is 12.1. The summed E-state index contributed by atoms with van der Waals surface area (Å²) in [5, 5.41) is 6.00. The zero-order valence-corrected chi connectivity index (χ0v) is 11.1. The fourth-order valence-corrected chi connectivity index (χ4v) is 2.32. The second-order valence-corrected chi connectivity index (χ2v) is 5.42. The van der Waals surface area contributed by atoms with Crippen molar-refractivity contribution in [2.24, 2.45) is 5.41 Å². The van der Waals surface area contributed by atoms with Gasteiger partial charge in [0.05, 0.1) is 11.1 Å². The SMILES string of the molecule is CC1(C(=O)Nc2ccc(F)cc2Br)CCNC1. The highest BCUT2D eigenvalue weighted by molar-refractivity contribution is 9.10. The first kappa shape index (κ1) is 12.5. The van der Waals surface area contributed by atoms with Crippen LogP contribution in [0.5, 0.6) is 0 Å². The lowest BCUT2D eigenvalue weighted by Crippen LogP contribution is -2.35. The summed E-state index contributed by atoms with van der Waals surface area (Å²) in [6.45, 7) is 3.46. The van der Waals surface area contributed by atoms with Gasteiger partial charge in [0.2, 0.25) is 5.91 Å². The van der Waals surface area contributed by atoms with Gasteiger partial charge in [0.1, 0.15) is 5.82 Å². The van der Waals surface area contributed by atoms with Crippen molar-refractivity contribution in [3.63, 3.8) is 0 Å². The molecule has 1 aliphatic heterocycles. The molecule has 0 aromatic heterocycles. The zero-order chi connectivity index (χ0) is 12.5. The molecule has 1 unspecified atom stereocenters. The van der Waals surface area contributed by atoms with Crippen LogP contribution in [0.3, 0.4) is 0 Å². The Morgan fingerprint density at radius 1 is 1.59 bits per heavy atom. The lowest BCUT2D eigenvalue weighted by molar-refractivity contribution is -0.123. The average Bonchev–Trinajstić information content (AvgIpc) is 2.71. The third-order valence-corrected chi connectivity index (χ3v) is 3.75. The van der Waals surface area contributed by atoms with Crippen LogP contribution in [0.2, 0.25) is 0 Å². The molecule has 1 amide bonds. The molecule has 0 bridgehead atoms. The summed E-state index contributed by atoms with van der Waals surface area (Å²) in [5.74, 6) is -0.363. The second-order valence-electron chi connectivity index (χ2n) is 4.57. The molecule has 1 saturated heterocycles. The van der Waals surface area contributed by atoms with Crippen LogP contribution in [-0.4, -0.2) is 19.0 Å². The first-order chi connectivity index (χ1) is 8.01. The van der Waals surface area contributed by atoms with Gasteiger partial charge >= 0.3 is 0 Å². The average molecular weight is 301 g/mol. The first-order valence-electron chi connectivity index (χ1n) is 5.48. The number of carbonyl (C=O) groups is 1. The van der Waals surface area contributed by atoms with E-state index in [9.17, 15) is 9.18 Å². The predicted octanol–water partition coefficient (Wildman–Crippen LogP) is 2.53. The van der Waals surface area contributed by atoms with Gasteiger partial charge in [-0.3, -0.25) is 4.79 Å². The molecular formula is C12H14BrFN2O. The van der Waals surface area contributed by atoms with E-state index in [0.29, 0.717) is 16.7 Å². The molecule has 1 aromatic rings. The number of carbonyl (C=O) groups excluding carboxylic acids is 1. The highest BCUT2D eigenvalue weighted by atomic mass is 79.9. The van der Waals surface area contributed by atoms with E-state index < -0.39 is 0 Å². The molecule has 92 valence electrons. The van der Waals surface area contributed by atoms with E-state index in [1.807, 2.05) is 6.92 Å². The highest BCUT2D eigenvalue weighted by Crippen LogP contribution is 2.29. The van der Waals surface area contributed by atoms with Gasteiger partial charge in [-0.2, -0.15) is 0 Å². The minimum absolute atomic E-state index is 0.0326. The van der Waals surface area contributed by atoms with Gasteiger partial charge in [-0.05, 0) is 54.0 Å². The lowest BCUT2D eigenvalue weighted by Gasteiger charge is -2.21. The number of hydrogen-bond donors (Lipinski definition) is 2. The number of hydrogen-bond acceptors (Lipinski definition) is 2. The van der Waals surface area contributed by atoms with Crippen LogP contribution >= 0.6 is 15.9 Å². The Morgan fingerprint density at radius 3 is 2.94 bits per heavy atom. The maximum atomic E-state index is 12.9. The van der Waals surface area contributed by atoms with Crippen molar-refractivity contribution in [1.29, 1.82) is 0 Å². The summed E-state index contributed by atoms with van der Waals surface area (Å²) in [7, 11) is 0. The Kier molecular flexibility index (Phi) is 3.49. The van der Waals surface area contributed by atoms with Gasteiger partial charge in [0, 0.05) is 11.0 Å². The molecule has 0 saturated carbocycles. The number of benzene rings is 1. The molecule has 1 aromatic carbocycles. The third kappa shape index (κ3) is 2.66. The molecule has 1 aliphatic rings. The summed E-state index contributed by atoms with van der Waals surface area (Å²) in [6.07, 6.45) is 0.817. The molecule has 2 N–H and O–H groups in total. The largest absolute Gasteiger partial charge is 0.325 e. The van der Waals surface area contributed by atoms with Gasteiger partial charge in [-0.25, -0.2) is 4.39 Å². The number of rotatable bonds is 2. The third-order valence-electron chi connectivity index (χ3n) is 3.10. The Labute approximate surface area is 108 Å². The fraction of sp³-hybridized carbons (Fsp3) is 0.417. The topological polar surface area (TPSA) is 41.1 Å². The summed E-state index contributed by atoms with van der Waals surface area (Å²) in [5.41, 5.74) is 0.220. The van der Waals surface area contributed by atoms with Crippen molar-refractivity contribution in [3.8, 4) is 0 Å². The minimum atomic E-state index is -0.381. The van der Waals surface area contributed by atoms with Gasteiger partial charge in [-0.1, -0.05) is 0 Å². The standard InChI is InChI=1S/C12H14BrFN2O/c1-12(4-5-15-7-12)11(17)16-10-3-2-8(14)6-9(10)13/h2-3,6,15H,4-5,7H2,1H3,(H,16,17). The zero-order valence-electron chi connectivity index (χ0n) is 9.52. The molecular weight excluding hydrogens is 287 g/mol. The molecule has 1 fully saturated rings. The second kappa shape index (κ2) is 4.74. The Bertz CT molecular complexity index is 444. The Morgan fingerprint density at radius 2 is 2.35 bits per heavy atom. The van der Waals surface area contributed by atoms with Crippen molar-refractivity contribution in [1.82, 2.24) is 5.32 Å². The van der Waals surface area contributed by atoms with Crippen molar-refractivity contribution in [2.75, 3.05) is 18.4 Å². The first-order valence-corrected chi connectivity index (χ1v) is 6.28. The molecule has 0 spiro atoms. The van der Waals surface area contributed by atoms with Crippen molar-refractivity contribution >= 4 is 27.5 Å². The quantitative estimate of drug-likeness (QED) is 0.881. The summed E-state index contributed by atoms with van der Waals surface area (Å²) < 4.78 is 13.5. The van der Waals surface area contributed by atoms with E-state index in [2.05, 4.69) is 26.6 Å². The summed E-state index contributed by atoms with van der Waals surface area (Å²) in [6, 6.07) is 4.23. The van der Waals surface area contributed by atoms with Gasteiger partial charge < -0.3 is 10.6 Å². The van der Waals surface area contributed by atoms with Crippen LogP contribution in [-0.2, 0) is 4.79 Å². The molecule has 17 heavy (non-hydrogen) atoms. The van der Waals surface area contributed by atoms with Crippen molar-refractivity contribution < 1.29 is 9.18 Å². The highest BCUT2D eigenvalue weighted by Gasteiger charge is 2.36. The van der Waals surface area contributed by atoms with E-state index in [1.165, 1.54) is 12.1 Å². The number of anilines is 1. The maximum absolute atomic E-state index is 12.9. The van der Waals surface area contributed by atoms with E-state index in [-0.39, 0.29) is 17.1 Å². The van der Waals surface area contributed by atoms with E-state index in [1.54, 1.807) is 6.07 Å². The van der Waals surface area contributed by atoms with Crippen LogP contribution in [0.15, 0.2) is 22.7 Å². The van der Waals surface area contributed by atoms with E-state index in [4.69, 9.17) is 0 Å². The van der Waals surface area contributed by atoms with Crippen LogP contribution in [0.4, 0.5) is 10.1 Å². The fourth-order valence-electron chi connectivity index (χ4n) is 1.87. The van der Waals surface area contributed by atoms with Gasteiger partial charge in [0.15, 0.2) is 0 Å². The Balaban J connectivity index is 2.13. The minimum Gasteiger partial charge on any atom is -0.325 e. The van der Waals surface area contributed by atoms with Crippen LogP contribution in [0, 0.1) is 11.2 Å². The maximum Gasteiger partial charge on any atom is 0.231 e. The van der Waals surface area contributed by atoms with Crippen LogP contribution < -0.4 is 10.6 Å². The van der Waals surface area contributed by atoms with E-state index in [0.717, 1.165) is 13.0 Å². The van der Waals surface area contributed by atoms with Gasteiger partial charge in [0.25, 0.3) is 0 Å². The number of amides is 1. The van der Waals surface area contributed by atoms with Crippen LogP contribution in [0.25, 0.3) is 0 Å². The normalized spacial score (nSPS) is 23.7. The molecule has 3 nitrogen and oxygen atoms in total. The molecule has 1 atom stereocenters. The van der Waals surface area contributed by atoms with Gasteiger partial charge in [-0.15, -0.1) is 0 Å². The molecule has 1 heterocycles. The molecule has 0 radical (unpaired) electrons. The number of halogens is 2. The van der Waals surface area contributed by atoms with E-state index >= 15 is 0 Å². The lowest BCUT2D eigenvalue weighted by atomic mass is 9.89. The monoisotopic (exact) mass is 300 g/mol.